The summed E-state index contributed by atoms with van der Waals surface area (Å²) in [5, 5.41) is 3.68. The highest BCUT2D eigenvalue weighted by Gasteiger charge is 2.07. The van der Waals surface area contributed by atoms with Crippen molar-refractivity contribution in [2.75, 3.05) is 19.7 Å². The highest BCUT2D eigenvalue weighted by atomic mass is 35.5. The summed E-state index contributed by atoms with van der Waals surface area (Å²) >= 11 is 5.85. The zero-order chi connectivity index (χ0) is 13.4. The predicted octanol–water partition coefficient (Wildman–Crippen LogP) is 3.88. The molecule has 1 N–H and O–H groups in total. The number of rotatable bonds is 8. The fourth-order valence-corrected chi connectivity index (χ4v) is 1.76. The Morgan fingerprint density at radius 2 is 2.11 bits per heavy atom. The minimum absolute atomic E-state index is 0.161. The van der Waals surface area contributed by atoms with Gasteiger partial charge in [0.25, 0.3) is 0 Å². The van der Waals surface area contributed by atoms with Crippen LogP contribution in [0.3, 0.4) is 0 Å². The van der Waals surface area contributed by atoms with E-state index >= 15 is 0 Å². The summed E-state index contributed by atoms with van der Waals surface area (Å²) in [6.07, 6.45) is 1.90. The summed E-state index contributed by atoms with van der Waals surface area (Å²) in [5.41, 5.74) is 0. The van der Waals surface area contributed by atoms with Crippen molar-refractivity contribution in [3.05, 3.63) is 29.0 Å². The molecule has 1 rings (SSSR count). The molecule has 0 radical (unpaired) electrons. The van der Waals surface area contributed by atoms with Gasteiger partial charge in [-0.25, -0.2) is 4.39 Å². The summed E-state index contributed by atoms with van der Waals surface area (Å²) < 4.78 is 18.7. The number of hydrogen-bond acceptors (Lipinski definition) is 2. The molecule has 102 valence electrons. The molecule has 0 aliphatic carbocycles. The summed E-state index contributed by atoms with van der Waals surface area (Å²) in [4.78, 5) is 0. The fraction of sp³-hybridized carbons (Fsp3) is 0.571. The van der Waals surface area contributed by atoms with Crippen molar-refractivity contribution < 1.29 is 9.13 Å². The van der Waals surface area contributed by atoms with Crippen molar-refractivity contribution in [2.45, 2.75) is 26.7 Å². The minimum Gasteiger partial charge on any atom is -0.489 e. The molecule has 0 bridgehead atoms. The molecule has 0 spiro atoms. The van der Waals surface area contributed by atoms with Gasteiger partial charge in [-0.05, 0) is 44.0 Å². The standard InChI is InChI=1S/C14H21ClFNO/c1-11(2)10-17-8-3-4-9-18-14-12(15)6-5-7-13(14)16/h5-7,11,17H,3-4,8-10H2,1-2H3. The largest absolute Gasteiger partial charge is 0.489 e. The lowest BCUT2D eigenvalue weighted by Crippen LogP contribution is -2.21. The number of unbranched alkanes of at least 4 members (excludes halogenated alkanes) is 1. The van der Waals surface area contributed by atoms with Crippen molar-refractivity contribution in [1.29, 1.82) is 0 Å². The van der Waals surface area contributed by atoms with Gasteiger partial charge in [0.15, 0.2) is 11.6 Å². The lowest BCUT2D eigenvalue weighted by Gasteiger charge is -2.09. The molecule has 0 aliphatic heterocycles. The van der Waals surface area contributed by atoms with E-state index in [0.717, 1.165) is 25.9 Å². The zero-order valence-corrected chi connectivity index (χ0v) is 11.8. The zero-order valence-electron chi connectivity index (χ0n) is 11.0. The quantitative estimate of drug-likeness (QED) is 0.726. The number of benzene rings is 1. The van der Waals surface area contributed by atoms with Gasteiger partial charge >= 0.3 is 0 Å². The van der Waals surface area contributed by atoms with Gasteiger partial charge < -0.3 is 10.1 Å². The Kier molecular flexibility index (Phi) is 7.06. The molecule has 0 saturated carbocycles. The highest BCUT2D eigenvalue weighted by Crippen LogP contribution is 2.27. The van der Waals surface area contributed by atoms with Crippen LogP contribution in [0, 0.1) is 11.7 Å². The molecule has 2 nitrogen and oxygen atoms in total. The Bertz CT molecular complexity index is 337. The van der Waals surface area contributed by atoms with E-state index in [0.29, 0.717) is 17.5 Å². The van der Waals surface area contributed by atoms with Gasteiger partial charge in [0, 0.05) is 0 Å². The van der Waals surface area contributed by atoms with Crippen molar-refractivity contribution in [3.8, 4) is 5.75 Å². The Morgan fingerprint density at radius 3 is 2.78 bits per heavy atom. The average Bonchev–Trinajstić information content (AvgIpc) is 2.30. The lowest BCUT2D eigenvalue weighted by molar-refractivity contribution is 0.291. The van der Waals surface area contributed by atoms with Crippen molar-refractivity contribution in [2.24, 2.45) is 5.92 Å². The summed E-state index contributed by atoms with van der Waals surface area (Å²) in [6, 6.07) is 4.55. The second-order valence-corrected chi connectivity index (χ2v) is 5.11. The van der Waals surface area contributed by atoms with E-state index in [9.17, 15) is 4.39 Å². The summed E-state index contributed by atoms with van der Waals surface area (Å²) in [5.74, 6) is 0.424. The van der Waals surface area contributed by atoms with Crippen molar-refractivity contribution in [3.63, 3.8) is 0 Å². The van der Waals surface area contributed by atoms with Gasteiger partial charge in [0.05, 0.1) is 11.6 Å². The van der Waals surface area contributed by atoms with Crippen molar-refractivity contribution >= 4 is 11.6 Å². The van der Waals surface area contributed by atoms with E-state index in [1.165, 1.54) is 6.07 Å². The maximum absolute atomic E-state index is 13.3. The fourth-order valence-electron chi connectivity index (χ4n) is 1.54. The van der Waals surface area contributed by atoms with E-state index in [-0.39, 0.29) is 5.75 Å². The predicted molar refractivity (Wildman–Crippen MR) is 73.8 cm³/mol. The van der Waals surface area contributed by atoms with E-state index in [4.69, 9.17) is 16.3 Å². The first-order valence-corrected chi connectivity index (χ1v) is 6.76. The second kappa shape index (κ2) is 8.33. The van der Waals surface area contributed by atoms with Crippen LogP contribution in [-0.2, 0) is 0 Å². The van der Waals surface area contributed by atoms with Gasteiger partial charge in [0.1, 0.15) is 0 Å². The first kappa shape index (κ1) is 15.3. The third kappa shape index (κ3) is 5.69. The monoisotopic (exact) mass is 273 g/mol. The van der Waals surface area contributed by atoms with Gasteiger partial charge in [-0.15, -0.1) is 0 Å². The molecule has 0 heterocycles. The van der Waals surface area contributed by atoms with Crippen LogP contribution < -0.4 is 10.1 Å². The molecular weight excluding hydrogens is 253 g/mol. The maximum atomic E-state index is 13.3. The number of ether oxygens (including phenoxy) is 1. The van der Waals surface area contributed by atoms with Crippen LogP contribution in [0.25, 0.3) is 0 Å². The smallest absolute Gasteiger partial charge is 0.173 e. The minimum atomic E-state index is -0.402. The highest BCUT2D eigenvalue weighted by molar-refractivity contribution is 6.32. The van der Waals surface area contributed by atoms with Gasteiger partial charge in [-0.2, -0.15) is 0 Å². The average molecular weight is 274 g/mol. The van der Waals surface area contributed by atoms with Crippen LogP contribution in [0.4, 0.5) is 4.39 Å². The molecular formula is C14H21ClFNO. The summed E-state index contributed by atoms with van der Waals surface area (Å²) in [6.45, 7) is 6.84. The first-order valence-electron chi connectivity index (χ1n) is 6.38. The molecule has 18 heavy (non-hydrogen) atoms. The number of nitrogens with one attached hydrogen (secondary N) is 1. The molecule has 0 fully saturated rings. The number of halogens is 2. The Morgan fingerprint density at radius 1 is 1.33 bits per heavy atom. The van der Waals surface area contributed by atoms with Gasteiger partial charge in [-0.1, -0.05) is 31.5 Å². The summed E-state index contributed by atoms with van der Waals surface area (Å²) in [7, 11) is 0. The molecule has 0 aliphatic rings. The third-order valence-corrected chi connectivity index (χ3v) is 2.76. The first-order chi connectivity index (χ1) is 8.61. The van der Waals surface area contributed by atoms with Crippen LogP contribution in [0.2, 0.25) is 5.02 Å². The van der Waals surface area contributed by atoms with Crippen molar-refractivity contribution in [1.82, 2.24) is 5.32 Å². The Balaban J connectivity index is 2.14. The van der Waals surface area contributed by atoms with Crippen LogP contribution in [-0.4, -0.2) is 19.7 Å². The Labute approximate surface area is 113 Å². The SMILES string of the molecule is CC(C)CNCCCCOc1c(F)cccc1Cl. The second-order valence-electron chi connectivity index (χ2n) is 4.70. The van der Waals surface area contributed by atoms with E-state index in [1.807, 2.05) is 0 Å². The maximum Gasteiger partial charge on any atom is 0.173 e. The number of para-hydroxylation sites is 1. The van der Waals surface area contributed by atoms with Crippen LogP contribution in [0.1, 0.15) is 26.7 Å². The molecule has 1 aromatic carbocycles. The molecule has 0 aromatic heterocycles. The van der Waals surface area contributed by atoms with Crippen LogP contribution >= 0.6 is 11.6 Å². The van der Waals surface area contributed by atoms with Gasteiger partial charge in [-0.3, -0.25) is 0 Å². The normalized spacial score (nSPS) is 10.9. The molecule has 4 heteroatoms. The molecule has 0 amide bonds. The topological polar surface area (TPSA) is 21.3 Å². The van der Waals surface area contributed by atoms with Crippen LogP contribution in [0.5, 0.6) is 5.75 Å². The molecule has 0 unspecified atom stereocenters. The van der Waals surface area contributed by atoms with E-state index in [2.05, 4.69) is 19.2 Å². The molecule has 1 aromatic rings. The molecule has 0 saturated heterocycles. The lowest BCUT2D eigenvalue weighted by atomic mass is 10.2. The van der Waals surface area contributed by atoms with E-state index in [1.54, 1.807) is 12.1 Å². The third-order valence-electron chi connectivity index (χ3n) is 2.47. The molecule has 0 atom stereocenters. The Hall–Kier alpha value is -0.800. The van der Waals surface area contributed by atoms with Crippen LogP contribution in [0.15, 0.2) is 18.2 Å². The van der Waals surface area contributed by atoms with E-state index < -0.39 is 5.82 Å². The van der Waals surface area contributed by atoms with Gasteiger partial charge in [0.2, 0.25) is 0 Å². The number of hydrogen-bond donors (Lipinski definition) is 1.